The van der Waals surface area contributed by atoms with Crippen LogP contribution in [0.2, 0.25) is 0 Å². The number of rotatable bonds is 5. The van der Waals surface area contributed by atoms with Crippen LogP contribution in [-0.4, -0.2) is 37.0 Å². The van der Waals surface area contributed by atoms with Gasteiger partial charge in [0.1, 0.15) is 0 Å². The van der Waals surface area contributed by atoms with E-state index in [1.807, 2.05) is 25.1 Å². The number of nitrogens with zero attached hydrogens (tertiary/aromatic N) is 2. The van der Waals surface area contributed by atoms with Gasteiger partial charge >= 0.3 is 5.97 Å². The first-order chi connectivity index (χ1) is 13.2. The van der Waals surface area contributed by atoms with Crippen LogP contribution in [0.25, 0.3) is 16.9 Å². The van der Waals surface area contributed by atoms with Gasteiger partial charge in [-0.1, -0.05) is 34.1 Å². The molecule has 0 fully saturated rings. The summed E-state index contributed by atoms with van der Waals surface area (Å²) in [6.45, 7) is 3.96. The van der Waals surface area contributed by atoms with Crippen LogP contribution in [0.15, 0.2) is 57.9 Å². The second-order valence-electron chi connectivity index (χ2n) is 6.28. The number of halogens is 1. The molecule has 0 N–H and O–H groups in total. The van der Waals surface area contributed by atoms with Crippen molar-refractivity contribution in [3.8, 4) is 16.9 Å². The summed E-state index contributed by atoms with van der Waals surface area (Å²) in [4.78, 5) is 12.4. The number of sulfone groups is 1. The van der Waals surface area contributed by atoms with E-state index in [4.69, 9.17) is 4.74 Å². The second kappa shape index (κ2) is 7.89. The van der Waals surface area contributed by atoms with Gasteiger partial charge in [0.15, 0.2) is 15.5 Å². The van der Waals surface area contributed by atoms with Gasteiger partial charge in [-0.2, -0.15) is 5.10 Å². The molecule has 0 spiro atoms. The first-order valence-electron chi connectivity index (χ1n) is 8.55. The highest BCUT2D eigenvalue weighted by Crippen LogP contribution is 2.28. The number of hydrogen-bond acceptors (Lipinski definition) is 5. The fourth-order valence-corrected chi connectivity index (χ4v) is 3.67. The number of carbonyl (C=O) groups excluding carboxylic acids is 1. The molecule has 0 aliphatic rings. The van der Waals surface area contributed by atoms with Crippen molar-refractivity contribution in [1.29, 1.82) is 0 Å². The molecule has 1 aromatic heterocycles. The molecule has 3 rings (SSSR count). The van der Waals surface area contributed by atoms with E-state index in [0.717, 1.165) is 27.5 Å². The summed E-state index contributed by atoms with van der Waals surface area (Å²) in [5, 5.41) is 4.42. The fraction of sp³-hybridized carbons (Fsp3) is 0.200. The van der Waals surface area contributed by atoms with Crippen LogP contribution in [0.3, 0.4) is 0 Å². The lowest BCUT2D eigenvalue weighted by atomic mass is 10.1. The van der Waals surface area contributed by atoms with Crippen molar-refractivity contribution in [2.75, 3.05) is 12.9 Å². The molecule has 0 radical (unpaired) electrons. The molecule has 2 aromatic carbocycles. The summed E-state index contributed by atoms with van der Waals surface area (Å²) in [7, 11) is -3.29. The van der Waals surface area contributed by atoms with E-state index >= 15 is 0 Å². The zero-order valence-electron chi connectivity index (χ0n) is 15.6. The van der Waals surface area contributed by atoms with Crippen LogP contribution < -0.4 is 0 Å². The number of carbonyl (C=O) groups is 1. The molecule has 0 saturated heterocycles. The Bertz CT molecular complexity index is 1140. The first kappa shape index (κ1) is 20.3. The Morgan fingerprint density at radius 2 is 1.82 bits per heavy atom. The van der Waals surface area contributed by atoms with E-state index < -0.39 is 15.8 Å². The third-order valence-electron chi connectivity index (χ3n) is 4.17. The molecule has 0 atom stereocenters. The average Bonchev–Trinajstić information content (AvgIpc) is 3.09. The minimum Gasteiger partial charge on any atom is -0.461 e. The van der Waals surface area contributed by atoms with E-state index in [1.54, 1.807) is 29.8 Å². The number of esters is 1. The molecule has 1 heterocycles. The largest absolute Gasteiger partial charge is 0.461 e. The predicted molar refractivity (Wildman–Crippen MR) is 111 cm³/mol. The molecule has 3 aromatic rings. The molecule has 0 saturated carbocycles. The lowest BCUT2D eigenvalue weighted by molar-refractivity contribution is 0.0519. The molecule has 0 unspecified atom stereocenters. The summed E-state index contributed by atoms with van der Waals surface area (Å²) in [5.41, 5.74) is 3.39. The molecule has 28 heavy (non-hydrogen) atoms. The Hall–Kier alpha value is -2.45. The molecular formula is C20H19BrN2O4S. The fourth-order valence-electron chi connectivity index (χ4n) is 2.67. The van der Waals surface area contributed by atoms with Gasteiger partial charge in [0.2, 0.25) is 0 Å². The van der Waals surface area contributed by atoms with Crippen molar-refractivity contribution in [2.24, 2.45) is 0 Å². The number of aromatic nitrogens is 2. The van der Waals surface area contributed by atoms with Gasteiger partial charge in [0, 0.05) is 16.3 Å². The predicted octanol–water partition coefficient (Wildman–Crippen LogP) is 4.19. The van der Waals surface area contributed by atoms with Crippen LogP contribution >= 0.6 is 15.9 Å². The lowest BCUT2D eigenvalue weighted by Gasteiger charge is -2.09. The maximum absolute atomic E-state index is 12.2. The number of ether oxygens (including phenoxy) is 1. The highest BCUT2D eigenvalue weighted by molar-refractivity contribution is 9.10. The van der Waals surface area contributed by atoms with E-state index in [2.05, 4.69) is 21.0 Å². The van der Waals surface area contributed by atoms with Gasteiger partial charge in [-0.15, -0.1) is 0 Å². The summed E-state index contributed by atoms with van der Waals surface area (Å²) in [5.74, 6) is -0.513. The van der Waals surface area contributed by atoms with Gasteiger partial charge in [-0.05, 0) is 49.7 Å². The van der Waals surface area contributed by atoms with Crippen molar-refractivity contribution in [3.63, 3.8) is 0 Å². The summed E-state index contributed by atoms with van der Waals surface area (Å²) in [6.07, 6.45) is 1.16. The van der Waals surface area contributed by atoms with Crippen molar-refractivity contribution in [3.05, 3.63) is 64.3 Å². The van der Waals surface area contributed by atoms with Crippen LogP contribution in [0.1, 0.15) is 23.0 Å². The second-order valence-corrected chi connectivity index (χ2v) is 9.15. The Balaban J connectivity index is 2.15. The quantitative estimate of drug-likeness (QED) is 0.531. The molecule has 0 amide bonds. The molecule has 0 aliphatic carbocycles. The van der Waals surface area contributed by atoms with E-state index in [-0.39, 0.29) is 17.2 Å². The monoisotopic (exact) mass is 462 g/mol. The maximum atomic E-state index is 12.2. The SMILES string of the molecule is CCOC(=O)c1cc(-c2ccc(S(C)(=O)=O)cc2)n(-c2ccc(C)c(Br)c2)n1. The third-order valence-corrected chi connectivity index (χ3v) is 6.15. The highest BCUT2D eigenvalue weighted by Gasteiger charge is 2.18. The van der Waals surface area contributed by atoms with E-state index in [0.29, 0.717) is 5.69 Å². The molecule has 146 valence electrons. The van der Waals surface area contributed by atoms with Crippen molar-refractivity contribution < 1.29 is 17.9 Å². The number of aryl methyl sites for hydroxylation is 1. The van der Waals surface area contributed by atoms with Crippen LogP contribution in [-0.2, 0) is 14.6 Å². The van der Waals surface area contributed by atoms with Crippen molar-refractivity contribution in [2.45, 2.75) is 18.7 Å². The minimum absolute atomic E-state index is 0.181. The first-order valence-corrected chi connectivity index (χ1v) is 11.2. The topological polar surface area (TPSA) is 78.3 Å². The zero-order valence-corrected chi connectivity index (χ0v) is 18.0. The zero-order chi connectivity index (χ0) is 20.5. The molecule has 6 nitrogen and oxygen atoms in total. The van der Waals surface area contributed by atoms with Gasteiger partial charge in [0.25, 0.3) is 0 Å². The Morgan fingerprint density at radius 3 is 2.39 bits per heavy atom. The van der Waals surface area contributed by atoms with Gasteiger partial charge in [-0.25, -0.2) is 17.9 Å². The smallest absolute Gasteiger partial charge is 0.358 e. The summed E-state index contributed by atoms with van der Waals surface area (Å²) >= 11 is 3.52. The summed E-state index contributed by atoms with van der Waals surface area (Å²) < 4.78 is 31.1. The Labute approximate surface area is 172 Å². The Kier molecular flexibility index (Phi) is 5.71. The molecular weight excluding hydrogens is 444 g/mol. The third kappa shape index (κ3) is 4.18. The van der Waals surface area contributed by atoms with Gasteiger partial charge in [-0.3, -0.25) is 0 Å². The van der Waals surface area contributed by atoms with Crippen molar-refractivity contribution >= 4 is 31.7 Å². The molecule has 0 bridgehead atoms. The minimum atomic E-state index is -3.29. The highest BCUT2D eigenvalue weighted by atomic mass is 79.9. The van der Waals surface area contributed by atoms with E-state index in [9.17, 15) is 13.2 Å². The molecule has 0 aliphatic heterocycles. The molecule has 8 heteroatoms. The summed E-state index contributed by atoms with van der Waals surface area (Å²) in [6, 6.07) is 13.9. The number of hydrogen-bond donors (Lipinski definition) is 0. The number of benzene rings is 2. The lowest BCUT2D eigenvalue weighted by Crippen LogP contribution is -2.07. The van der Waals surface area contributed by atoms with Crippen molar-refractivity contribution in [1.82, 2.24) is 9.78 Å². The Morgan fingerprint density at radius 1 is 1.14 bits per heavy atom. The maximum Gasteiger partial charge on any atom is 0.358 e. The van der Waals surface area contributed by atoms with Gasteiger partial charge < -0.3 is 4.74 Å². The van der Waals surface area contributed by atoms with E-state index in [1.165, 1.54) is 12.1 Å². The normalized spacial score (nSPS) is 11.4. The average molecular weight is 463 g/mol. The van der Waals surface area contributed by atoms with Crippen LogP contribution in [0.4, 0.5) is 0 Å². The standard InChI is InChI=1S/C20H19BrN2O4S/c1-4-27-20(24)18-12-19(14-6-9-16(10-7-14)28(3,25)26)23(22-18)15-8-5-13(2)17(21)11-15/h5-12H,4H2,1-3H3. The van der Waals surface area contributed by atoms with Crippen LogP contribution in [0, 0.1) is 6.92 Å². The van der Waals surface area contributed by atoms with Crippen LogP contribution in [0.5, 0.6) is 0 Å². The van der Waals surface area contributed by atoms with Gasteiger partial charge in [0.05, 0.1) is 22.9 Å².